The maximum atomic E-state index is 12.4. The monoisotopic (exact) mass is 311 g/mol. The van der Waals surface area contributed by atoms with Crippen LogP contribution in [0.25, 0.3) is 0 Å². The second-order valence-electron chi connectivity index (χ2n) is 6.37. The minimum absolute atomic E-state index is 0.331. The minimum Gasteiger partial charge on any atom is -0.493 e. The van der Waals surface area contributed by atoms with Crippen molar-refractivity contribution < 1.29 is 13.2 Å². The molecule has 0 saturated carbocycles. The van der Waals surface area contributed by atoms with Crippen molar-refractivity contribution in [3.05, 3.63) is 23.8 Å². The van der Waals surface area contributed by atoms with Crippen LogP contribution in [0.15, 0.2) is 23.1 Å². The van der Waals surface area contributed by atoms with Crippen LogP contribution in [0.5, 0.6) is 5.75 Å². The standard InChI is InChI=1S/C16H25NO3S/c1-11(2)15(12(3)4)10-17-21(18,19)14-5-6-16-13(9-14)7-8-20-16/h5-6,9,11-12,15,17H,7-8,10H2,1-4H3. The number of hydrogen-bond donors (Lipinski definition) is 1. The lowest BCUT2D eigenvalue weighted by molar-refractivity contribution is 0.289. The Morgan fingerprint density at radius 2 is 1.86 bits per heavy atom. The van der Waals surface area contributed by atoms with Crippen LogP contribution in [0, 0.1) is 17.8 Å². The number of nitrogens with one attached hydrogen (secondary N) is 1. The number of hydrogen-bond acceptors (Lipinski definition) is 3. The second kappa shape index (κ2) is 6.36. The highest BCUT2D eigenvalue weighted by molar-refractivity contribution is 7.89. The lowest BCUT2D eigenvalue weighted by Gasteiger charge is -2.25. The van der Waals surface area contributed by atoms with Crippen molar-refractivity contribution in [3.63, 3.8) is 0 Å². The molecule has 0 radical (unpaired) electrons. The highest BCUT2D eigenvalue weighted by Gasteiger charge is 2.23. The highest BCUT2D eigenvalue weighted by Crippen LogP contribution is 2.28. The number of fused-ring (bicyclic) bond motifs is 1. The average Bonchev–Trinajstić information content (AvgIpc) is 2.84. The van der Waals surface area contributed by atoms with Crippen LogP contribution in [-0.2, 0) is 16.4 Å². The molecule has 0 spiro atoms. The molecule has 4 nitrogen and oxygen atoms in total. The average molecular weight is 311 g/mol. The van der Waals surface area contributed by atoms with Crippen LogP contribution in [0.4, 0.5) is 0 Å². The molecule has 1 aromatic rings. The van der Waals surface area contributed by atoms with Gasteiger partial charge in [0.25, 0.3) is 0 Å². The number of sulfonamides is 1. The maximum Gasteiger partial charge on any atom is 0.240 e. The van der Waals surface area contributed by atoms with Crippen LogP contribution in [-0.4, -0.2) is 21.6 Å². The zero-order chi connectivity index (χ0) is 15.6. The van der Waals surface area contributed by atoms with Crippen molar-refractivity contribution in [2.75, 3.05) is 13.2 Å². The quantitative estimate of drug-likeness (QED) is 0.879. The Labute approximate surface area is 127 Å². The van der Waals surface area contributed by atoms with Gasteiger partial charge in [0.05, 0.1) is 11.5 Å². The Kier molecular flexibility index (Phi) is 4.94. The molecule has 1 aromatic carbocycles. The van der Waals surface area contributed by atoms with Crippen molar-refractivity contribution in [1.29, 1.82) is 0 Å². The van der Waals surface area contributed by atoms with Crippen LogP contribution in [0.1, 0.15) is 33.3 Å². The van der Waals surface area contributed by atoms with Gasteiger partial charge in [0.2, 0.25) is 10.0 Å². The molecule has 2 rings (SSSR count). The molecule has 0 amide bonds. The summed E-state index contributed by atoms with van der Waals surface area (Å²) in [6.45, 7) is 9.63. The van der Waals surface area contributed by atoms with E-state index in [9.17, 15) is 8.42 Å². The summed E-state index contributed by atoms with van der Waals surface area (Å²) >= 11 is 0. The zero-order valence-electron chi connectivity index (χ0n) is 13.2. The smallest absolute Gasteiger partial charge is 0.240 e. The third-order valence-electron chi connectivity index (χ3n) is 4.19. The first-order chi connectivity index (χ1) is 9.81. The van der Waals surface area contributed by atoms with Gasteiger partial charge in [-0.3, -0.25) is 0 Å². The molecule has 0 atom stereocenters. The van der Waals surface area contributed by atoms with Gasteiger partial charge in [-0.15, -0.1) is 0 Å². The predicted octanol–water partition coefficient (Wildman–Crippen LogP) is 2.83. The molecule has 0 aromatic heterocycles. The molecule has 0 unspecified atom stereocenters. The first kappa shape index (κ1) is 16.3. The van der Waals surface area contributed by atoms with Gasteiger partial charge in [0, 0.05) is 13.0 Å². The van der Waals surface area contributed by atoms with Crippen molar-refractivity contribution in [1.82, 2.24) is 4.72 Å². The molecule has 118 valence electrons. The Hall–Kier alpha value is -1.07. The lowest BCUT2D eigenvalue weighted by Crippen LogP contribution is -2.34. The Balaban J connectivity index is 2.11. The van der Waals surface area contributed by atoms with Gasteiger partial charge in [-0.25, -0.2) is 13.1 Å². The van der Waals surface area contributed by atoms with E-state index in [4.69, 9.17) is 4.74 Å². The predicted molar refractivity (Wildman–Crippen MR) is 84.0 cm³/mol. The van der Waals surface area contributed by atoms with E-state index < -0.39 is 10.0 Å². The van der Waals surface area contributed by atoms with Gasteiger partial charge in [-0.2, -0.15) is 0 Å². The molecule has 21 heavy (non-hydrogen) atoms. The molecule has 5 heteroatoms. The minimum atomic E-state index is -3.45. The van der Waals surface area contributed by atoms with Crippen LogP contribution >= 0.6 is 0 Å². The van der Waals surface area contributed by atoms with E-state index in [1.807, 2.05) is 0 Å². The Morgan fingerprint density at radius 3 is 2.48 bits per heavy atom. The number of ether oxygens (including phenoxy) is 1. The van der Waals surface area contributed by atoms with Crippen LogP contribution in [0.3, 0.4) is 0 Å². The zero-order valence-corrected chi connectivity index (χ0v) is 14.0. The fraction of sp³-hybridized carbons (Fsp3) is 0.625. The van der Waals surface area contributed by atoms with Crippen molar-refractivity contribution in [2.24, 2.45) is 17.8 Å². The summed E-state index contributed by atoms with van der Waals surface area (Å²) in [6.07, 6.45) is 0.777. The Morgan fingerprint density at radius 1 is 1.19 bits per heavy atom. The van der Waals surface area contributed by atoms with Crippen LogP contribution < -0.4 is 9.46 Å². The van der Waals surface area contributed by atoms with E-state index in [2.05, 4.69) is 32.4 Å². The van der Waals surface area contributed by atoms with Gasteiger partial charge >= 0.3 is 0 Å². The number of benzene rings is 1. The molecule has 0 bridgehead atoms. The molecular weight excluding hydrogens is 286 g/mol. The van der Waals surface area contributed by atoms with E-state index in [-0.39, 0.29) is 0 Å². The summed E-state index contributed by atoms with van der Waals surface area (Å²) in [4.78, 5) is 0.331. The van der Waals surface area contributed by atoms with E-state index in [1.54, 1.807) is 18.2 Å². The summed E-state index contributed by atoms with van der Waals surface area (Å²) < 4.78 is 33.0. The third-order valence-corrected chi connectivity index (χ3v) is 5.61. The third kappa shape index (κ3) is 3.77. The molecule has 1 heterocycles. The van der Waals surface area contributed by atoms with Crippen molar-refractivity contribution in [2.45, 2.75) is 39.0 Å². The van der Waals surface area contributed by atoms with E-state index >= 15 is 0 Å². The molecule has 0 aliphatic carbocycles. The maximum absolute atomic E-state index is 12.4. The number of rotatable bonds is 6. The van der Waals surface area contributed by atoms with Gasteiger partial charge in [-0.05, 0) is 41.5 Å². The second-order valence-corrected chi connectivity index (χ2v) is 8.14. The Bertz CT molecular complexity index is 586. The van der Waals surface area contributed by atoms with Gasteiger partial charge in [0.15, 0.2) is 0 Å². The van der Waals surface area contributed by atoms with E-state index in [0.717, 1.165) is 17.7 Å². The normalized spacial score (nSPS) is 14.8. The highest BCUT2D eigenvalue weighted by atomic mass is 32.2. The topological polar surface area (TPSA) is 55.4 Å². The van der Waals surface area contributed by atoms with Crippen molar-refractivity contribution >= 4 is 10.0 Å². The van der Waals surface area contributed by atoms with Gasteiger partial charge < -0.3 is 4.74 Å². The molecule has 1 aliphatic rings. The molecule has 0 saturated heterocycles. The van der Waals surface area contributed by atoms with Crippen molar-refractivity contribution in [3.8, 4) is 5.75 Å². The van der Waals surface area contributed by atoms with Gasteiger partial charge in [-0.1, -0.05) is 27.7 Å². The summed E-state index contributed by atoms with van der Waals surface area (Å²) in [5.74, 6) is 2.02. The summed E-state index contributed by atoms with van der Waals surface area (Å²) in [6, 6.07) is 5.09. The lowest BCUT2D eigenvalue weighted by atomic mass is 9.86. The summed E-state index contributed by atoms with van der Waals surface area (Å²) in [7, 11) is -3.45. The van der Waals surface area contributed by atoms with Gasteiger partial charge in [0.1, 0.15) is 5.75 Å². The van der Waals surface area contributed by atoms with E-state index in [0.29, 0.717) is 35.8 Å². The summed E-state index contributed by atoms with van der Waals surface area (Å²) in [5.41, 5.74) is 0.974. The SMILES string of the molecule is CC(C)C(CNS(=O)(=O)c1ccc2c(c1)CCO2)C(C)C. The largest absolute Gasteiger partial charge is 0.493 e. The molecule has 1 aliphatic heterocycles. The first-order valence-corrected chi connectivity index (χ1v) is 9.05. The molecule has 1 N–H and O–H groups in total. The fourth-order valence-electron chi connectivity index (χ4n) is 2.86. The molecular formula is C16H25NO3S. The molecule has 0 fully saturated rings. The summed E-state index contributed by atoms with van der Waals surface area (Å²) in [5, 5.41) is 0. The fourth-order valence-corrected chi connectivity index (χ4v) is 3.98. The van der Waals surface area contributed by atoms with E-state index in [1.165, 1.54) is 0 Å². The first-order valence-electron chi connectivity index (χ1n) is 7.56. The van der Waals surface area contributed by atoms with Crippen LogP contribution in [0.2, 0.25) is 0 Å².